The zero-order chi connectivity index (χ0) is 12.9. The maximum atomic E-state index is 11.4. The molecule has 0 bridgehead atoms. The van der Waals surface area contributed by atoms with Gasteiger partial charge in [0.1, 0.15) is 11.3 Å². The van der Waals surface area contributed by atoms with Crippen LogP contribution in [0.1, 0.15) is 10.4 Å². The molecular formula is C9H10O6S2. The van der Waals surface area contributed by atoms with Crippen LogP contribution in [0.3, 0.4) is 0 Å². The number of hydrogen-bond donors (Lipinski definition) is 2. The van der Waals surface area contributed by atoms with E-state index in [1.165, 1.54) is 24.3 Å². The second kappa shape index (κ2) is 5.89. The Morgan fingerprint density at radius 3 is 2.59 bits per heavy atom. The van der Waals surface area contributed by atoms with Gasteiger partial charge in [-0.1, -0.05) is 12.1 Å². The lowest BCUT2D eigenvalue weighted by Gasteiger charge is -2.05. The fourth-order valence-electron chi connectivity index (χ4n) is 0.947. The van der Waals surface area contributed by atoms with Gasteiger partial charge in [-0.15, -0.1) is 0 Å². The van der Waals surface area contributed by atoms with E-state index in [4.69, 9.17) is 0 Å². The zero-order valence-corrected chi connectivity index (χ0v) is 10.3. The number of phenolic OH excluding ortho intramolecular Hbond substituents is 1. The van der Waals surface area contributed by atoms with Crippen molar-refractivity contribution in [2.45, 2.75) is 0 Å². The number of thiol groups is 1. The number of carbonyl (C=O) groups excluding carboxylic acids is 1. The van der Waals surface area contributed by atoms with E-state index in [1.54, 1.807) is 0 Å². The van der Waals surface area contributed by atoms with Crippen LogP contribution in [0.15, 0.2) is 24.3 Å². The highest BCUT2D eigenvalue weighted by molar-refractivity contribution is 7.82. The smallest absolute Gasteiger partial charge is 0.451 e. The summed E-state index contributed by atoms with van der Waals surface area (Å²) in [4.78, 5) is 11.4. The summed E-state index contributed by atoms with van der Waals surface area (Å²) in [7, 11) is -4.42. The molecule has 0 aromatic heterocycles. The van der Waals surface area contributed by atoms with E-state index >= 15 is 0 Å². The van der Waals surface area contributed by atoms with Crippen LogP contribution >= 0.6 is 12.6 Å². The van der Waals surface area contributed by atoms with Gasteiger partial charge in [-0.2, -0.15) is 21.0 Å². The Morgan fingerprint density at radius 1 is 1.35 bits per heavy atom. The maximum Gasteiger partial charge on any atom is 0.451 e. The molecule has 17 heavy (non-hydrogen) atoms. The van der Waals surface area contributed by atoms with Crippen LogP contribution < -0.4 is 0 Å². The van der Waals surface area contributed by atoms with Crippen molar-refractivity contribution in [2.24, 2.45) is 0 Å². The van der Waals surface area contributed by atoms with E-state index in [-0.39, 0.29) is 23.7 Å². The molecule has 0 radical (unpaired) electrons. The standard InChI is InChI=1S/C9H10O6S2/c10-8-4-2-1-3-7(8)9(11)15-17(12,13)14-5-6-16/h1-4,10,16H,5-6H2. The molecule has 0 heterocycles. The SMILES string of the molecule is O=C(OS(=O)(=O)OCCS)c1ccccc1O. The van der Waals surface area contributed by atoms with E-state index in [9.17, 15) is 18.3 Å². The molecule has 1 rings (SSSR count). The molecule has 6 nitrogen and oxygen atoms in total. The first-order chi connectivity index (χ1) is 7.96. The van der Waals surface area contributed by atoms with E-state index in [2.05, 4.69) is 21.0 Å². The molecule has 1 aromatic carbocycles. The monoisotopic (exact) mass is 278 g/mol. The van der Waals surface area contributed by atoms with E-state index in [0.717, 1.165) is 0 Å². The lowest BCUT2D eigenvalue weighted by atomic mass is 10.2. The third kappa shape index (κ3) is 4.25. The topological polar surface area (TPSA) is 89.9 Å². The molecular weight excluding hydrogens is 268 g/mol. The second-order valence-electron chi connectivity index (χ2n) is 2.84. The van der Waals surface area contributed by atoms with Gasteiger partial charge in [0.05, 0.1) is 6.61 Å². The minimum absolute atomic E-state index is 0.160. The molecule has 1 N–H and O–H groups in total. The van der Waals surface area contributed by atoms with Gasteiger partial charge in [0, 0.05) is 5.75 Å². The highest BCUT2D eigenvalue weighted by atomic mass is 32.3. The molecule has 0 unspecified atom stereocenters. The Bertz CT molecular complexity index is 496. The first kappa shape index (κ1) is 13.8. The Morgan fingerprint density at radius 2 is 2.00 bits per heavy atom. The molecule has 8 heteroatoms. The van der Waals surface area contributed by atoms with Crippen molar-refractivity contribution in [3.63, 3.8) is 0 Å². The number of rotatable bonds is 5. The fraction of sp³-hybridized carbons (Fsp3) is 0.222. The molecule has 0 saturated heterocycles. The number of phenols is 1. The van der Waals surface area contributed by atoms with Gasteiger partial charge in [-0.25, -0.2) is 8.98 Å². The van der Waals surface area contributed by atoms with Gasteiger partial charge in [-0.3, -0.25) is 0 Å². The Balaban J connectivity index is 2.77. The largest absolute Gasteiger partial charge is 0.507 e. The lowest BCUT2D eigenvalue weighted by Crippen LogP contribution is -2.17. The van der Waals surface area contributed by atoms with E-state index in [0.29, 0.717) is 0 Å². The third-order valence-electron chi connectivity index (χ3n) is 1.62. The van der Waals surface area contributed by atoms with Crippen molar-refractivity contribution in [2.75, 3.05) is 12.4 Å². The summed E-state index contributed by atoms with van der Waals surface area (Å²) in [6, 6.07) is 5.40. The van der Waals surface area contributed by atoms with Crippen LogP contribution in [0.25, 0.3) is 0 Å². The van der Waals surface area contributed by atoms with Crippen LogP contribution in [-0.2, 0) is 18.8 Å². The summed E-state index contributed by atoms with van der Waals surface area (Å²) in [5.41, 5.74) is -0.259. The highest BCUT2D eigenvalue weighted by Crippen LogP contribution is 2.17. The number of carbonyl (C=O) groups is 1. The first-order valence-corrected chi connectivity index (χ1v) is 6.45. The van der Waals surface area contributed by atoms with Gasteiger partial charge in [0.25, 0.3) is 0 Å². The predicted octanol–water partition coefficient (Wildman–Crippen LogP) is 0.740. The number of hydrogen-bond acceptors (Lipinski definition) is 7. The molecule has 1 aromatic rings. The molecule has 0 aliphatic carbocycles. The fourth-order valence-corrected chi connectivity index (χ4v) is 1.77. The zero-order valence-electron chi connectivity index (χ0n) is 8.57. The summed E-state index contributed by atoms with van der Waals surface area (Å²) < 4.78 is 30.6. The number of aromatic hydroxyl groups is 1. The van der Waals surface area contributed by atoms with Crippen molar-refractivity contribution < 1.29 is 26.7 Å². The van der Waals surface area contributed by atoms with Gasteiger partial charge < -0.3 is 9.29 Å². The Kier molecular flexibility index (Phi) is 4.79. The molecule has 0 spiro atoms. The second-order valence-corrected chi connectivity index (χ2v) is 4.51. The van der Waals surface area contributed by atoms with Crippen LogP contribution in [-0.4, -0.2) is 31.9 Å². The van der Waals surface area contributed by atoms with Gasteiger partial charge in [0.2, 0.25) is 0 Å². The average Bonchev–Trinajstić information content (AvgIpc) is 2.26. The van der Waals surface area contributed by atoms with Crippen molar-refractivity contribution >= 4 is 29.0 Å². The summed E-state index contributed by atoms with van der Waals surface area (Å²) in [6.45, 7) is -0.209. The molecule has 0 aliphatic heterocycles. The molecule has 0 atom stereocenters. The normalized spacial score (nSPS) is 11.1. The van der Waals surface area contributed by atoms with Crippen LogP contribution in [0.5, 0.6) is 5.75 Å². The minimum Gasteiger partial charge on any atom is -0.507 e. The molecule has 0 aliphatic rings. The Labute approximate surface area is 104 Å². The number of benzene rings is 1. The number of para-hydroxylation sites is 1. The summed E-state index contributed by atoms with van der Waals surface area (Å²) >= 11 is 3.74. The lowest BCUT2D eigenvalue weighted by molar-refractivity contribution is 0.0711. The van der Waals surface area contributed by atoms with Gasteiger partial charge in [0.15, 0.2) is 0 Å². The van der Waals surface area contributed by atoms with Gasteiger partial charge in [-0.05, 0) is 12.1 Å². The molecule has 0 fully saturated rings. The van der Waals surface area contributed by atoms with Crippen molar-refractivity contribution in [3.05, 3.63) is 29.8 Å². The summed E-state index contributed by atoms with van der Waals surface area (Å²) in [6.07, 6.45) is 0. The van der Waals surface area contributed by atoms with Crippen molar-refractivity contribution in [1.82, 2.24) is 0 Å². The third-order valence-corrected chi connectivity index (χ3v) is 2.61. The quantitative estimate of drug-likeness (QED) is 0.772. The molecule has 94 valence electrons. The predicted molar refractivity (Wildman–Crippen MR) is 62.2 cm³/mol. The van der Waals surface area contributed by atoms with Crippen molar-refractivity contribution in [3.8, 4) is 5.75 Å². The molecule has 0 amide bonds. The van der Waals surface area contributed by atoms with Crippen molar-refractivity contribution in [1.29, 1.82) is 0 Å². The Hall–Kier alpha value is -1.25. The molecule has 0 saturated carbocycles. The van der Waals surface area contributed by atoms with Crippen LogP contribution in [0.4, 0.5) is 0 Å². The van der Waals surface area contributed by atoms with E-state index < -0.39 is 16.4 Å². The average molecular weight is 278 g/mol. The highest BCUT2D eigenvalue weighted by Gasteiger charge is 2.21. The summed E-state index contributed by atoms with van der Waals surface area (Å²) in [5.74, 6) is -1.42. The van der Waals surface area contributed by atoms with Crippen LogP contribution in [0, 0.1) is 0 Å². The van der Waals surface area contributed by atoms with Gasteiger partial charge >= 0.3 is 16.4 Å². The van der Waals surface area contributed by atoms with E-state index in [1.807, 2.05) is 0 Å². The maximum absolute atomic E-state index is 11.4. The first-order valence-electron chi connectivity index (χ1n) is 4.48. The summed E-state index contributed by atoms with van der Waals surface area (Å²) in [5, 5.41) is 9.31. The minimum atomic E-state index is -4.42. The van der Waals surface area contributed by atoms with Crippen LogP contribution in [0.2, 0.25) is 0 Å².